The van der Waals surface area contributed by atoms with Crippen molar-refractivity contribution in [2.24, 2.45) is 11.5 Å². The minimum absolute atomic E-state index is 0.0798. The van der Waals surface area contributed by atoms with Crippen LogP contribution in [0, 0.1) is 11.6 Å². The highest BCUT2D eigenvalue weighted by atomic mass is 19.1. The van der Waals surface area contributed by atoms with E-state index < -0.39 is 23.8 Å². The van der Waals surface area contributed by atoms with Crippen LogP contribution >= 0.6 is 0 Å². The summed E-state index contributed by atoms with van der Waals surface area (Å²) in [5.41, 5.74) is 13.7. The molecule has 0 saturated carbocycles. The monoisotopic (exact) mass is 391 g/mol. The van der Waals surface area contributed by atoms with Crippen LogP contribution in [0.2, 0.25) is 0 Å². The van der Waals surface area contributed by atoms with Crippen LogP contribution in [0.15, 0.2) is 24.4 Å². The minimum atomic E-state index is -0.657. The van der Waals surface area contributed by atoms with Crippen molar-refractivity contribution in [3.05, 3.63) is 52.9 Å². The van der Waals surface area contributed by atoms with Crippen LogP contribution in [-0.2, 0) is 29.2 Å². The molecule has 3 atom stereocenters. The highest BCUT2D eigenvalue weighted by Crippen LogP contribution is 2.34. The molecular weight excluding hydrogens is 368 g/mol. The van der Waals surface area contributed by atoms with Crippen LogP contribution < -0.4 is 11.5 Å². The zero-order valence-corrected chi connectivity index (χ0v) is 15.4. The largest absolute Gasteiger partial charge is 0.370 e. The Balaban J connectivity index is 1.37. The van der Waals surface area contributed by atoms with E-state index in [2.05, 4.69) is 10.00 Å². The maximum absolute atomic E-state index is 14.1. The molecular formula is C19H23F2N5O2. The maximum Gasteiger partial charge on any atom is 0.219 e. The number of fused-ring (bicyclic) bond motifs is 1. The number of amides is 1. The van der Waals surface area contributed by atoms with Gasteiger partial charge in [-0.25, -0.2) is 8.78 Å². The SMILES string of the molecule is NC(=O)CCn1cc2c(n1)CN([C@H]1CO[C@H](c3cc(F)ccc3F)[C@@H](N)C1)C2. The number of hydrogen-bond donors (Lipinski definition) is 2. The Morgan fingerprint density at radius 2 is 2.14 bits per heavy atom. The average Bonchev–Trinajstić information content (AvgIpc) is 3.21. The van der Waals surface area contributed by atoms with Crippen LogP contribution in [0.5, 0.6) is 0 Å². The molecule has 0 radical (unpaired) electrons. The summed E-state index contributed by atoms with van der Waals surface area (Å²) in [6, 6.07) is 2.98. The van der Waals surface area contributed by atoms with Gasteiger partial charge in [0.05, 0.1) is 12.3 Å². The van der Waals surface area contributed by atoms with Crippen molar-refractivity contribution in [1.29, 1.82) is 0 Å². The van der Waals surface area contributed by atoms with Crippen molar-refractivity contribution < 1.29 is 18.3 Å². The first-order valence-corrected chi connectivity index (χ1v) is 9.30. The van der Waals surface area contributed by atoms with E-state index in [0.29, 0.717) is 32.7 Å². The molecule has 1 aromatic heterocycles. The Kier molecular flexibility index (Phi) is 5.13. The topological polar surface area (TPSA) is 99.4 Å². The molecule has 0 spiro atoms. The lowest BCUT2D eigenvalue weighted by Gasteiger charge is -2.38. The molecule has 0 aliphatic carbocycles. The summed E-state index contributed by atoms with van der Waals surface area (Å²) in [5, 5.41) is 4.51. The van der Waals surface area contributed by atoms with Gasteiger partial charge < -0.3 is 16.2 Å². The van der Waals surface area contributed by atoms with Crippen LogP contribution in [-0.4, -0.2) is 39.3 Å². The number of benzene rings is 1. The van der Waals surface area contributed by atoms with E-state index in [1.165, 1.54) is 0 Å². The summed E-state index contributed by atoms with van der Waals surface area (Å²) in [6.07, 6.45) is 2.16. The van der Waals surface area contributed by atoms with E-state index in [-0.39, 0.29) is 23.9 Å². The van der Waals surface area contributed by atoms with Crippen LogP contribution in [0.4, 0.5) is 8.78 Å². The summed E-state index contributed by atoms with van der Waals surface area (Å²) in [7, 11) is 0. The third-order valence-corrected chi connectivity index (χ3v) is 5.42. The van der Waals surface area contributed by atoms with E-state index in [4.69, 9.17) is 16.2 Å². The highest BCUT2D eigenvalue weighted by Gasteiger charge is 2.37. The molecule has 2 aliphatic heterocycles. The highest BCUT2D eigenvalue weighted by molar-refractivity contribution is 5.73. The fraction of sp³-hybridized carbons (Fsp3) is 0.474. The van der Waals surface area contributed by atoms with Gasteiger partial charge >= 0.3 is 0 Å². The first-order valence-electron chi connectivity index (χ1n) is 9.30. The summed E-state index contributed by atoms with van der Waals surface area (Å²) < 4.78 is 35.2. The zero-order valence-electron chi connectivity index (χ0n) is 15.4. The van der Waals surface area contributed by atoms with Crippen molar-refractivity contribution in [2.75, 3.05) is 6.61 Å². The molecule has 1 fully saturated rings. The third kappa shape index (κ3) is 3.78. The molecule has 150 valence electrons. The van der Waals surface area contributed by atoms with E-state index in [1.807, 2.05) is 6.20 Å². The predicted octanol–water partition coefficient (Wildman–Crippen LogP) is 1.21. The lowest BCUT2D eigenvalue weighted by Crippen LogP contribution is -2.47. The van der Waals surface area contributed by atoms with Gasteiger partial charge in [0.15, 0.2) is 0 Å². The molecule has 9 heteroatoms. The smallest absolute Gasteiger partial charge is 0.219 e. The standard InChI is InChI=1S/C19H23F2N5O2/c20-12-1-2-15(21)14(5-12)19-16(22)6-13(10-28-19)25-7-11-8-26(4-3-18(23)27)24-17(11)9-25/h1-2,5,8,13,16,19H,3-4,6-7,9-10,22H2,(H2,23,27)/t13-,16+,19-/m1/s1. The van der Waals surface area contributed by atoms with Crippen molar-refractivity contribution in [1.82, 2.24) is 14.7 Å². The molecule has 1 aromatic carbocycles. The number of carbonyl (C=O) groups excluding carboxylic acids is 1. The van der Waals surface area contributed by atoms with E-state index >= 15 is 0 Å². The van der Waals surface area contributed by atoms with Crippen LogP contribution in [0.25, 0.3) is 0 Å². The van der Waals surface area contributed by atoms with Gasteiger partial charge in [-0.1, -0.05) is 0 Å². The number of carbonyl (C=O) groups is 1. The van der Waals surface area contributed by atoms with Gasteiger partial charge in [0.2, 0.25) is 5.91 Å². The number of nitrogens with zero attached hydrogens (tertiary/aromatic N) is 3. The Morgan fingerprint density at radius 1 is 1.32 bits per heavy atom. The molecule has 0 unspecified atom stereocenters. The Morgan fingerprint density at radius 3 is 2.86 bits per heavy atom. The first-order chi connectivity index (χ1) is 13.4. The van der Waals surface area contributed by atoms with Crippen molar-refractivity contribution >= 4 is 5.91 Å². The molecule has 1 amide bonds. The fourth-order valence-electron chi connectivity index (χ4n) is 3.98. The third-order valence-electron chi connectivity index (χ3n) is 5.42. The Bertz CT molecular complexity index is 864. The summed E-state index contributed by atoms with van der Waals surface area (Å²) >= 11 is 0. The molecule has 1 saturated heterocycles. The fourth-order valence-corrected chi connectivity index (χ4v) is 3.98. The number of hydrogen-bond acceptors (Lipinski definition) is 5. The normalized spacial score (nSPS) is 25.0. The van der Waals surface area contributed by atoms with E-state index in [0.717, 1.165) is 29.5 Å². The molecule has 0 bridgehead atoms. The lowest BCUT2D eigenvalue weighted by atomic mass is 9.93. The summed E-state index contributed by atoms with van der Waals surface area (Å²) in [5.74, 6) is -1.37. The number of primary amides is 1. The number of ether oxygens (including phenoxy) is 1. The number of aryl methyl sites for hydroxylation is 1. The average molecular weight is 391 g/mol. The Labute approximate surface area is 161 Å². The molecule has 28 heavy (non-hydrogen) atoms. The van der Waals surface area contributed by atoms with Gasteiger partial charge in [0.1, 0.15) is 17.7 Å². The summed E-state index contributed by atoms with van der Waals surface area (Å²) in [4.78, 5) is 13.1. The second kappa shape index (κ2) is 7.57. The molecule has 7 nitrogen and oxygen atoms in total. The number of aromatic nitrogens is 2. The molecule has 4 rings (SSSR count). The van der Waals surface area contributed by atoms with Crippen LogP contribution in [0.1, 0.15) is 35.8 Å². The molecule has 2 aliphatic rings. The van der Waals surface area contributed by atoms with Gasteiger partial charge in [0.25, 0.3) is 0 Å². The van der Waals surface area contributed by atoms with Crippen molar-refractivity contribution in [2.45, 2.75) is 50.7 Å². The predicted molar refractivity (Wildman–Crippen MR) is 96.7 cm³/mol. The number of rotatable bonds is 5. The number of nitrogens with two attached hydrogens (primary N) is 2. The second-order valence-corrected chi connectivity index (χ2v) is 7.46. The molecule has 3 heterocycles. The van der Waals surface area contributed by atoms with Crippen LogP contribution in [0.3, 0.4) is 0 Å². The number of halogens is 2. The quantitative estimate of drug-likeness (QED) is 0.798. The minimum Gasteiger partial charge on any atom is -0.370 e. The van der Waals surface area contributed by atoms with Crippen molar-refractivity contribution in [3.63, 3.8) is 0 Å². The van der Waals surface area contributed by atoms with Gasteiger partial charge in [-0.2, -0.15) is 5.10 Å². The first kappa shape index (κ1) is 19.0. The lowest BCUT2D eigenvalue weighted by molar-refractivity contribution is -0.118. The van der Waals surface area contributed by atoms with Gasteiger partial charge in [-0.3, -0.25) is 14.4 Å². The van der Waals surface area contributed by atoms with Crippen molar-refractivity contribution in [3.8, 4) is 0 Å². The summed E-state index contributed by atoms with van der Waals surface area (Å²) in [6.45, 7) is 2.24. The zero-order chi connectivity index (χ0) is 19.8. The maximum atomic E-state index is 14.1. The van der Waals surface area contributed by atoms with E-state index in [1.54, 1.807) is 4.68 Å². The van der Waals surface area contributed by atoms with Gasteiger partial charge in [-0.05, 0) is 24.6 Å². The Hall–Kier alpha value is -2.36. The van der Waals surface area contributed by atoms with Gasteiger partial charge in [-0.15, -0.1) is 0 Å². The van der Waals surface area contributed by atoms with Gasteiger partial charge in [0, 0.05) is 55.5 Å². The molecule has 2 aromatic rings. The molecule has 4 N–H and O–H groups in total. The second-order valence-electron chi connectivity index (χ2n) is 7.46. The van der Waals surface area contributed by atoms with E-state index in [9.17, 15) is 13.6 Å².